The number of nitrogens with zero attached hydrogens (tertiary/aromatic N) is 1. The van der Waals surface area contributed by atoms with Gasteiger partial charge in [-0.1, -0.05) is 140 Å². The van der Waals surface area contributed by atoms with Gasteiger partial charge >= 0.3 is 0 Å². The number of hydrogen-bond acceptors (Lipinski definition) is 2. The standard InChI is InChI=1S/C44H29NO/c1-3-12-30(13-4-1)31-24-26-35(27-25-31)45(39-20-11-17-34-23-22-33-16-7-8-18-36(33)42(34)39)40-29-28-37(32-14-5-2-6-15-32)44-43(40)38-19-9-10-21-41(38)46-44/h1-29H. The molecule has 0 saturated heterocycles. The largest absolute Gasteiger partial charge is 0.455 e. The topological polar surface area (TPSA) is 16.4 Å². The van der Waals surface area contributed by atoms with Gasteiger partial charge in [-0.05, 0) is 69.2 Å². The average molecular weight is 588 g/mol. The third kappa shape index (κ3) is 4.27. The molecule has 0 aliphatic rings. The fourth-order valence-corrected chi connectivity index (χ4v) is 6.91. The van der Waals surface area contributed by atoms with Crippen molar-refractivity contribution in [1.29, 1.82) is 0 Å². The zero-order chi connectivity index (χ0) is 30.5. The summed E-state index contributed by atoms with van der Waals surface area (Å²) in [6.45, 7) is 0. The molecule has 0 aliphatic carbocycles. The smallest absolute Gasteiger partial charge is 0.145 e. The number of benzene rings is 8. The first-order valence-electron chi connectivity index (χ1n) is 15.7. The first-order chi connectivity index (χ1) is 22.8. The lowest BCUT2D eigenvalue weighted by molar-refractivity contribution is 0.670. The summed E-state index contributed by atoms with van der Waals surface area (Å²) in [5, 5.41) is 7.08. The van der Waals surface area contributed by atoms with Crippen LogP contribution in [-0.2, 0) is 0 Å². The van der Waals surface area contributed by atoms with Crippen molar-refractivity contribution in [3.05, 3.63) is 176 Å². The Kier molecular flexibility index (Phi) is 6.17. The van der Waals surface area contributed by atoms with E-state index >= 15 is 0 Å². The van der Waals surface area contributed by atoms with Crippen molar-refractivity contribution in [3.63, 3.8) is 0 Å². The van der Waals surface area contributed by atoms with Crippen LogP contribution in [0, 0.1) is 0 Å². The Morgan fingerprint density at radius 2 is 0.978 bits per heavy atom. The Hall–Kier alpha value is -6.12. The Bertz CT molecular complexity index is 2510. The van der Waals surface area contributed by atoms with Crippen molar-refractivity contribution in [2.75, 3.05) is 4.90 Å². The van der Waals surface area contributed by atoms with Gasteiger partial charge in [0.05, 0.1) is 16.8 Å². The summed E-state index contributed by atoms with van der Waals surface area (Å²) in [7, 11) is 0. The molecule has 0 bridgehead atoms. The number of furan rings is 1. The molecule has 0 N–H and O–H groups in total. The molecule has 2 heteroatoms. The van der Waals surface area contributed by atoms with E-state index in [-0.39, 0.29) is 0 Å². The molecule has 9 rings (SSSR count). The maximum absolute atomic E-state index is 6.71. The molecule has 216 valence electrons. The van der Waals surface area contributed by atoms with Crippen LogP contribution >= 0.6 is 0 Å². The van der Waals surface area contributed by atoms with Gasteiger partial charge < -0.3 is 9.32 Å². The van der Waals surface area contributed by atoms with E-state index in [4.69, 9.17) is 4.42 Å². The predicted molar refractivity (Wildman–Crippen MR) is 194 cm³/mol. The highest BCUT2D eigenvalue weighted by molar-refractivity contribution is 6.20. The molecule has 1 aromatic heterocycles. The van der Waals surface area contributed by atoms with Gasteiger partial charge in [-0.15, -0.1) is 0 Å². The van der Waals surface area contributed by atoms with E-state index in [1.807, 2.05) is 6.07 Å². The van der Waals surface area contributed by atoms with E-state index in [0.717, 1.165) is 50.1 Å². The summed E-state index contributed by atoms with van der Waals surface area (Å²) in [5.74, 6) is 0. The van der Waals surface area contributed by atoms with Crippen LogP contribution in [0.25, 0.3) is 65.7 Å². The number of fused-ring (bicyclic) bond motifs is 6. The zero-order valence-electron chi connectivity index (χ0n) is 25.1. The fraction of sp³-hybridized carbons (Fsp3) is 0. The Labute approximate surface area is 267 Å². The minimum Gasteiger partial charge on any atom is -0.455 e. The number of anilines is 3. The quantitative estimate of drug-likeness (QED) is 0.186. The first-order valence-corrected chi connectivity index (χ1v) is 15.7. The van der Waals surface area contributed by atoms with Crippen LogP contribution in [0.5, 0.6) is 0 Å². The van der Waals surface area contributed by atoms with Crippen molar-refractivity contribution < 1.29 is 4.42 Å². The summed E-state index contributed by atoms with van der Waals surface area (Å²) in [5.41, 5.74) is 9.66. The monoisotopic (exact) mass is 587 g/mol. The second kappa shape index (κ2) is 10.8. The van der Waals surface area contributed by atoms with E-state index in [1.54, 1.807) is 0 Å². The highest BCUT2D eigenvalue weighted by Crippen LogP contribution is 2.48. The number of rotatable bonds is 5. The maximum Gasteiger partial charge on any atom is 0.145 e. The molecular formula is C44H29NO. The molecule has 0 spiro atoms. The highest BCUT2D eigenvalue weighted by atomic mass is 16.3. The predicted octanol–water partition coefficient (Wildman–Crippen LogP) is 12.7. The molecule has 0 saturated carbocycles. The average Bonchev–Trinajstić information content (AvgIpc) is 3.53. The summed E-state index contributed by atoms with van der Waals surface area (Å²) < 4.78 is 6.71. The molecule has 0 radical (unpaired) electrons. The van der Waals surface area contributed by atoms with E-state index in [0.29, 0.717) is 0 Å². The van der Waals surface area contributed by atoms with E-state index in [2.05, 4.69) is 175 Å². The van der Waals surface area contributed by atoms with Crippen LogP contribution < -0.4 is 4.90 Å². The molecule has 0 aliphatic heterocycles. The van der Waals surface area contributed by atoms with Crippen molar-refractivity contribution in [2.24, 2.45) is 0 Å². The van der Waals surface area contributed by atoms with Gasteiger partial charge in [-0.3, -0.25) is 0 Å². The normalized spacial score (nSPS) is 11.5. The van der Waals surface area contributed by atoms with Gasteiger partial charge in [-0.2, -0.15) is 0 Å². The number of para-hydroxylation sites is 1. The van der Waals surface area contributed by atoms with Gasteiger partial charge in [0.25, 0.3) is 0 Å². The zero-order valence-corrected chi connectivity index (χ0v) is 25.1. The van der Waals surface area contributed by atoms with E-state index in [9.17, 15) is 0 Å². The summed E-state index contributed by atoms with van der Waals surface area (Å²) in [6, 6.07) is 62.6. The van der Waals surface area contributed by atoms with Crippen molar-refractivity contribution in [1.82, 2.24) is 0 Å². The second-order valence-electron chi connectivity index (χ2n) is 11.7. The Morgan fingerprint density at radius 3 is 1.78 bits per heavy atom. The van der Waals surface area contributed by atoms with Gasteiger partial charge in [0, 0.05) is 22.0 Å². The minimum absolute atomic E-state index is 0.880. The Balaban J connectivity index is 1.37. The van der Waals surface area contributed by atoms with Gasteiger partial charge in [0.1, 0.15) is 11.2 Å². The van der Waals surface area contributed by atoms with Crippen LogP contribution in [0.1, 0.15) is 0 Å². The van der Waals surface area contributed by atoms with Gasteiger partial charge in [0.2, 0.25) is 0 Å². The van der Waals surface area contributed by atoms with Crippen molar-refractivity contribution in [2.45, 2.75) is 0 Å². The van der Waals surface area contributed by atoms with Gasteiger partial charge in [0.15, 0.2) is 0 Å². The fourth-order valence-electron chi connectivity index (χ4n) is 6.91. The summed E-state index contributed by atoms with van der Waals surface area (Å²) in [6.07, 6.45) is 0. The minimum atomic E-state index is 0.880. The molecule has 8 aromatic carbocycles. The SMILES string of the molecule is c1ccc(-c2ccc(N(c3cccc4ccc5ccccc5c34)c3ccc(-c4ccccc4)c4oc5ccccc5c34)cc2)cc1. The van der Waals surface area contributed by atoms with E-state index < -0.39 is 0 Å². The maximum atomic E-state index is 6.71. The first kappa shape index (κ1) is 26.3. The molecule has 1 heterocycles. The third-order valence-electron chi connectivity index (χ3n) is 9.05. The lowest BCUT2D eigenvalue weighted by Crippen LogP contribution is -2.11. The molecule has 0 atom stereocenters. The molecule has 2 nitrogen and oxygen atoms in total. The summed E-state index contributed by atoms with van der Waals surface area (Å²) in [4.78, 5) is 2.42. The summed E-state index contributed by atoms with van der Waals surface area (Å²) >= 11 is 0. The molecular weight excluding hydrogens is 558 g/mol. The molecule has 0 unspecified atom stereocenters. The van der Waals surface area contributed by atoms with E-state index in [1.165, 1.54) is 32.7 Å². The lowest BCUT2D eigenvalue weighted by Gasteiger charge is -2.28. The van der Waals surface area contributed by atoms with Crippen LogP contribution in [0.15, 0.2) is 180 Å². The molecule has 9 aromatic rings. The van der Waals surface area contributed by atoms with Crippen LogP contribution in [0.4, 0.5) is 17.1 Å². The lowest BCUT2D eigenvalue weighted by atomic mass is 9.97. The van der Waals surface area contributed by atoms with Crippen LogP contribution in [0.3, 0.4) is 0 Å². The van der Waals surface area contributed by atoms with Crippen molar-refractivity contribution in [3.8, 4) is 22.3 Å². The highest BCUT2D eigenvalue weighted by Gasteiger charge is 2.23. The molecule has 0 fully saturated rings. The van der Waals surface area contributed by atoms with Gasteiger partial charge in [-0.25, -0.2) is 0 Å². The second-order valence-corrected chi connectivity index (χ2v) is 11.7. The molecule has 0 amide bonds. The third-order valence-corrected chi connectivity index (χ3v) is 9.05. The van der Waals surface area contributed by atoms with Crippen LogP contribution in [-0.4, -0.2) is 0 Å². The van der Waals surface area contributed by atoms with Crippen LogP contribution in [0.2, 0.25) is 0 Å². The number of hydrogen-bond donors (Lipinski definition) is 0. The van der Waals surface area contributed by atoms with Crippen molar-refractivity contribution >= 4 is 60.5 Å². The Morgan fingerprint density at radius 1 is 0.370 bits per heavy atom. The molecule has 46 heavy (non-hydrogen) atoms.